The third kappa shape index (κ3) is 3.74. The van der Waals surface area contributed by atoms with E-state index in [4.69, 9.17) is 16.5 Å². The summed E-state index contributed by atoms with van der Waals surface area (Å²) >= 11 is 5.54. The summed E-state index contributed by atoms with van der Waals surface area (Å²) in [6, 6.07) is -0.801. The van der Waals surface area contributed by atoms with E-state index in [1.54, 1.807) is 20.8 Å². The zero-order valence-electron chi connectivity index (χ0n) is 11.0. The van der Waals surface area contributed by atoms with Crippen molar-refractivity contribution in [2.45, 2.75) is 44.9 Å². The molecule has 18 heavy (non-hydrogen) atoms. The highest BCUT2D eigenvalue weighted by atomic mass is 35.5. The smallest absolute Gasteiger partial charge is 0.411 e. The highest BCUT2D eigenvalue weighted by molar-refractivity contribution is 6.13. The number of likely N-dealkylation sites (tertiary alicyclic amines) is 1. The van der Waals surface area contributed by atoms with Crippen LogP contribution in [0.5, 0.6) is 0 Å². The van der Waals surface area contributed by atoms with Gasteiger partial charge in [0.1, 0.15) is 11.6 Å². The van der Waals surface area contributed by atoms with E-state index >= 15 is 0 Å². The summed E-state index contributed by atoms with van der Waals surface area (Å²) in [7, 11) is 1.29. The molecule has 0 spiro atoms. The molecule has 1 rings (SSSR count). The molecule has 1 aliphatic rings. The van der Waals surface area contributed by atoms with Gasteiger partial charge in [-0.05, 0) is 39.0 Å². The van der Waals surface area contributed by atoms with Gasteiger partial charge in [-0.15, -0.1) is 0 Å². The first kappa shape index (κ1) is 15.0. The number of ether oxygens (including phenoxy) is 2. The highest BCUT2D eigenvalue weighted by Crippen LogP contribution is 2.22. The summed E-state index contributed by atoms with van der Waals surface area (Å²) in [5, 5.41) is 0. The number of esters is 1. The van der Waals surface area contributed by atoms with Crippen molar-refractivity contribution in [2.24, 2.45) is 0 Å². The molecule has 1 aliphatic heterocycles. The number of hydrogen-bond donors (Lipinski definition) is 1. The zero-order valence-corrected chi connectivity index (χ0v) is 11.8. The normalized spacial score (nSPS) is 23.9. The van der Waals surface area contributed by atoms with E-state index in [1.165, 1.54) is 12.0 Å². The van der Waals surface area contributed by atoms with Gasteiger partial charge in [0.05, 0.1) is 7.11 Å². The lowest BCUT2D eigenvalue weighted by molar-refractivity contribution is -0.145. The van der Waals surface area contributed by atoms with Gasteiger partial charge >= 0.3 is 12.1 Å². The molecule has 1 unspecified atom stereocenters. The number of amides is 1. The highest BCUT2D eigenvalue weighted by Gasteiger charge is 2.41. The van der Waals surface area contributed by atoms with Gasteiger partial charge in [0.2, 0.25) is 0 Å². The van der Waals surface area contributed by atoms with Crippen LogP contribution in [0.3, 0.4) is 0 Å². The molecule has 0 radical (unpaired) electrons. The van der Waals surface area contributed by atoms with E-state index in [9.17, 15) is 9.59 Å². The maximum atomic E-state index is 12.0. The van der Waals surface area contributed by atoms with Crippen LogP contribution in [0.4, 0.5) is 4.79 Å². The molecule has 0 aromatic rings. The summed E-state index contributed by atoms with van der Waals surface area (Å²) in [4.78, 5) is 27.5. The standard InChI is InChI=1S/C11H19ClN2O4/c1-11(2,3)18-10(16)14-6-7(13-12)5-8(14)9(15)17-4/h7-8,13H,5-6H2,1-4H3/t7?,8-/m0/s1. The SMILES string of the molecule is COC(=O)[C@@H]1CC(NCl)CN1C(=O)OC(C)(C)C. The molecule has 1 fully saturated rings. The molecule has 1 heterocycles. The van der Waals surface area contributed by atoms with Crippen molar-refractivity contribution in [1.29, 1.82) is 0 Å². The van der Waals surface area contributed by atoms with Gasteiger partial charge in [-0.3, -0.25) is 4.90 Å². The molecule has 6 nitrogen and oxygen atoms in total. The van der Waals surface area contributed by atoms with Gasteiger partial charge in [-0.2, -0.15) is 0 Å². The number of nitrogens with one attached hydrogen (secondary N) is 1. The first-order chi connectivity index (χ1) is 8.28. The molecule has 7 heteroatoms. The van der Waals surface area contributed by atoms with Crippen molar-refractivity contribution in [3.8, 4) is 0 Å². The monoisotopic (exact) mass is 278 g/mol. The summed E-state index contributed by atoms with van der Waals surface area (Å²) < 4.78 is 9.93. The van der Waals surface area contributed by atoms with E-state index < -0.39 is 23.7 Å². The molecule has 0 saturated carbocycles. The Morgan fingerprint density at radius 3 is 2.44 bits per heavy atom. The second-order valence-corrected chi connectivity index (χ2v) is 5.43. The largest absolute Gasteiger partial charge is 0.467 e. The lowest BCUT2D eigenvalue weighted by Crippen LogP contribution is -2.44. The van der Waals surface area contributed by atoms with Crippen LogP contribution in [-0.4, -0.2) is 48.3 Å². The Bertz CT molecular complexity index is 329. The Balaban J connectivity index is 2.77. The zero-order chi connectivity index (χ0) is 13.9. The summed E-state index contributed by atoms with van der Waals surface area (Å²) in [6.07, 6.45) is -0.123. The molecule has 0 aliphatic carbocycles. The van der Waals surface area contributed by atoms with E-state index in [0.29, 0.717) is 13.0 Å². The topological polar surface area (TPSA) is 67.9 Å². The summed E-state index contributed by atoms with van der Waals surface area (Å²) in [6.45, 7) is 5.63. The minimum absolute atomic E-state index is 0.150. The fraction of sp³-hybridized carbons (Fsp3) is 0.818. The van der Waals surface area contributed by atoms with Crippen LogP contribution in [0.15, 0.2) is 0 Å². The minimum Gasteiger partial charge on any atom is -0.467 e. The number of hydrogen-bond acceptors (Lipinski definition) is 5. The van der Waals surface area contributed by atoms with Crippen molar-refractivity contribution in [3.63, 3.8) is 0 Å². The van der Waals surface area contributed by atoms with Crippen molar-refractivity contribution < 1.29 is 19.1 Å². The quantitative estimate of drug-likeness (QED) is 0.609. The van der Waals surface area contributed by atoms with Gasteiger partial charge in [-0.1, -0.05) is 0 Å². The van der Waals surface area contributed by atoms with Gasteiger partial charge in [0.25, 0.3) is 0 Å². The lowest BCUT2D eigenvalue weighted by Gasteiger charge is -2.27. The van der Waals surface area contributed by atoms with Crippen LogP contribution >= 0.6 is 11.8 Å². The van der Waals surface area contributed by atoms with Crippen LogP contribution in [0.1, 0.15) is 27.2 Å². The Morgan fingerprint density at radius 1 is 1.39 bits per heavy atom. The van der Waals surface area contributed by atoms with E-state index in [0.717, 1.165) is 0 Å². The number of nitrogens with zero attached hydrogens (tertiary/aromatic N) is 1. The molecule has 0 bridgehead atoms. The molecule has 2 atom stereocenters. The van der Waals surface area contributed by atoms with Crippen molar-refractivity contribution in [2.75, 3.05) is 13.7 Å². The van der Waals surface area contributed by atoms with E-state index in [1.807, 2.05) is 0 Å². The molecule has 0 aromatic carbocycles. The fourth-order valence-electron chi connectivity index (χ4n) is 1.80. The second kappa shape index (κ2) is 5.75. The third-order valence-electron chi connectivity index (χ3n) is 2.56. The van der Waals surface area contributed by atoms with Crippen molar-refractivity contribution in [3.05, 3.63) is 0 Å². The number of rotatable bonds is 2. The van der Waals surface area contributed by atoms with Gasteiger partial charge < -0.3 is 9.47 Å². The molecule has 1 N–H and O–H groups in total. The molecule has 0 aromatic heterocycles. The predicted molar refractivity (Wildman–Crippen MR) is 66.1 cm³/mol. The maximum absolute atomic E-state index is 12.0. The Hall–Kier alpha value is -1.01. The van der Waals surface area contributed by atoms with Gasteiger partial charge in [-0.25, -0.2) is 14.4 Å². The van der Waals surface area contributed by atoms with Crippen LogP contribution in [0.25, 0.3) is 0 Å². The van der Waals surface area contributed by atoms with Crippen LogP contribution < -0.4 is 4.84 Å². The average molecular weight is 279 g/mol. The summed E-state index contributed by atoms with van der Waals surface area (Å²) in [5.41, 5.74) is -0.607. The van der Waals surface area contributed by atoms with Crippen LogP contribution in [0, 0.1) is 0 Å². The average Bonchev–Trinajstić information content (AvgIpc) is 2.69. The van der Waals surface area contributed by atoms with Gasteiger partial charge in [0, 0.05) is 12.6 Å². The van der Waals surface area contributed by atoms with Crippen molar-refractivity contribution in [1.82, 2.24) is 9.74 Å². The van der Waals surface area contributed by atoms with Gasteiger partial charge in [0.15, 0.2) is 0 Å². The maximum Gasteiger partial charge on any atom is 0.411 e. The van der Waals surface area contributed by atoms with Crippen molar-refractivity contribution >= 4 is 23.8 Å². The number of methoxy groups -OCH3 is 1. The van der Waals surface area contributed by atoms with Crippen LogP contribution in [-0.2, 0) is 14.3 Å². The molecule has 1 amide bonds. The third-order valence-corrected chi connectivity index (χ3v) is 2.87. The second-order valence-electron chi connectivity index (χ2n) is 5.21. The Morgan fingerprint density at radius 2 is 2.00 bits per heavy atom. The molecule has 104 valence electrons. The van der Waals surface area contributed by atoms with E-state index in [-0.39, 0.29) is 6.04 Å². The fourth-order valence-corrected chi connectivity index (χ4v) is 1.95. The Kier molecular flexibility index (Phi) is 4.81. The first-order valence-electron chi connectivity index (χ1n) is 5.72. The summed E-state index contributed by atoms with van der Waals surface area (Å²) in [5.74, 6) is -0.463. The number of carbonyl (C=O) groups is 2. The minimum atomic E-state index is -0.652. The predicted octanol–water partition coefficient (Wildman–Crippen LogP) is 1.28. The molecular weight excluding hydrogens is 260 g/mol. The Labute approximate surface area is 112 Å². The molecular formula is C11H19ClN2O4. The first-order valence-corrected chi connectivity index (χ1v) is 6.10. The van der Waals surface area contributed by atoms with E-state index in [2.05, 4.69) is 9.57 Å². The number of carbonyl (C=O) groups excluding carboxylic acids is 2. The van der Waals surface area contributed by atoms with Crippen LogP contribution in [0.2, 0.25) is 0 Å². The number of halogens is 1. The molecule has 1 saturated heterocycles. The lowest BCUT2D eigenvalue weighted by atomic mass is 10.2.